The number of carbonyl (C=O) groups is 1. The highest BCUT2D eigenvalue weighted by atomic mass is 35.5. The summed E-state index contributed by atoms with van der Waals surface area (Å²) in [5.41, 5.74) is 13.3. The Bertz CT molecular complexity index is 1310. The molecule has 1 fully saturated rings. The maximum absolute atomic E-state index is 11.5. The number of primary amides is 1. The highest BCUT2D eigenvalue weighted by Crippen LogP contribution is 2.29. The van der Waals surface area contributed by atoms with E-state index in [2.05, 4.69) is 27.0 Å². The largest absolute Gasteiger partial charge is 0.381 e. The minimum absolute atomic E-state index is 0.103. The quantitative estimate of drug-likeness (QED) is 0.459. The van der Waals surface area contributed by atoms with Gasteiger partial charge in [-0.25, -0.2) is 14.0 Å². The second kappa shape index (κ2) is 9.13. The Morgan fingerprint density at radius 2 is 2.03 bits per heavy atom. The first-order valence-corrected chi connectivity index (χ1v) is 11.9. The van der Waals surface area contributed by atoms with Crippen molar-refractivity contribution in [2.75, 3.05) is 35.2 Å². The fourth-order valence-electron chi connectivity index (χ4n) is 3.67. The van der Waals surface area contributed by atoms with Gasteiger partial charge in [0.05, 0.1) is 16.7 Å². The van der Waals surface area contributed by atoms with Gasteiger partial charge in [-0.05, 0) is 30.2 Å². The van der Waals surface area contributed by atoms with E-state index in [4.69, 9.17) is 23.1 Å². The average Bonchev–Trinajstić information content (AvgIpc) is 3.39. The summed E-state index contributed by atoms with van der Waals surface area (Å²) >= 11 is 6.29. The number of fused-ring (bicyclic) bond motifs is 2. The molecule has 12 heteroatoms. The third-order valence-corrected chi connectivity index (χ3v) is 6.78. The number of anilines is 2. The van der Waals surface area contributed by atoms with Crippen molar-refractivity contribution >= 4 is 51.1 Å². The van der Waals surface area contributed by atoms with Gasteiger partial charge in [-0.2, -0.15) is 5.10 Å². The van der Waals surface area contributed by atoms with Gasteiger partial charge in [-0.1, -0.05) is 18.5 Å². The first-order chi connectivity index (χ1) is 15.4. The number of halogens is 1. The van der Waals surface area contributed by atoms with Crippen molar-refractivity contribution in [3.63, 3.8) is 0 Å². The van der Waals surface area contributed by atoms with Gasteiger partial charge in [0.2, 0.25) is 0 Å². The second-order valence-electron chi connectivity index (χ2n) is 7.17. The molecule has 32 heavy (non-hydrogen) atoms. The Balaban J connectivity index is 0.000000165. The lowest BCUT2D eigenvalue weighted by Gasteiger charge is -2.30. The molecule has 5 rings (SSSR count). The molecule has 5 heterocycles. The van der Waals surface area contributed by atoms with Crippen LogP contribution in [0.1, 0.15) is 22.8 Å². The topological polar surface area (TPSA) is 137 Å². The third kappa shape index (κ3) is 4.13. The highest BCUT2D eigenvalue weighted by molar-refractivity contribution is 7.85. The summed E-state index contributed by atoms with van der Waals surface area (Å²) in [6.07, 6.45) is 5.87. The molecule has 0 spiro atoms. The number of rotatable bonds is 3. The zero-order valence-electron chi connectivity index (χ0n) is 17.4. The maximum atomic E-state index is 11.5. The van der Waals surface area contributed by atoms with Crippen LogP contribution in [0.3, 0.4) is 0 Å². The van der Waals surface area contributed by atoms with Crippen LogP contribution in [0.5, 0.6) is 0 Å². The van der Waals surface area contributed by atoms with Gasteiger partial charge in [0.1, 0.15) is 11.4 Å². The van der Waals surface area contributed by atoms with Crippen LogP contribution in [0.25, 0.3) is 11.2 Å². The number of pyridine rings is 1. The lowest BCUT2D eigenvalue weighted by molar-refractivity contribution is 0.100. The van der Waals surface area contributed by atoms with Gasteiger partial charge >= 0.3 is 0 Å². The molecule has 0 atom stereocenters. The van der Waals surface area contributed by atoms with Gasteiger partial charge in [0, 0.05) is 47.8 Å². The van der Waals surface area contributed by atoms with Crippen molar-refractivity contribution in [3.8, 4) is 0 Å². The number of nitrogens with zero attached hydrogens (tertiary/aromatic N) is 6. The molecule has 4 aromatic rings. The smallest absolute Gasteiger partial charge is 0.256 e. The first-order valence-electron chi connectivity index (χ1n) is 10.0. The Labute approximate surface area is 191 Å². The standard InChI is InChI=1S/C13H16ClN3OS.C7H7N5O/c1-2-10-9-11(14)12-3-4-15-17(12)13(10)16-5-7-19(18)8-6-16;8-5-4(6(9)13)7-10-2-1-3-12(7)11-5/h3-4,9H,2,5-8H2,1H3;1-3H,(H2,8,11)(H2,9,13). The molecule has 0 saturated carbocycles. The van der Waals surface area contributed by atoms with E-state index in [9.17, 15) is 9.00 Å². The van der Waals surface area contributed by atoms with Gasteiger partial charge in [0.25, 0.3) is 5.91 Å². The van der Waals surface area contributed by atoms with E-state index in [0.29, 0.717) is 5.65 Å². The SMILES string of the molecule is CCc1cc(Cl)c2ccnn2c1N1CCS(=O)CC1.NC(=O)c1c(N)nn2cccnc12. The molecule has 168 valence electrons. The summed E-state index contributed by atoms with van der Waals surface area (Å²) < 4.78 is 14.8. The molecule has 0 radical (unpaired) electrons. The number of aryl methyl sites for hydroxylation is 1. The summed E-state index contributed by atoms with van der Waals surface area (Å²) in [5, 5.41) is 9.00. The second-order valence-corrected chi connectivity index (χ2v) is 9.27. The number of hydrogen-bond acceptors (Lipinski definition) is 7. The normalized spacial score (nSPS) is 14.5. The van der Waals surface area contributed by atoms with Crippen molar-refractivity contribution in [1.29, 1.82) is 0 Å². The molecule has 4 N–H and O–H groups in total. The van der Waals surface area contributed by atoms with Crippen molar-refractivity contribution in [2.45, 2.75) is 13.3 Å². The molecule has 0 unspecified atom stereocenters. The fourth-order valence-corrected chi connectivity index (χ4v) is 4.99. The Hall–Kier alpha value is -3.18. The molecule has 1 aliphatic heterocycles. The molecular formula is C20H23ClN8O2S. The molecule has 1 amide bonds. The minimum Gasteiger partial charge on any atom is -0.381 e. The molecule has 1 saturated heterocycles. The Morgan fingerprint density at radius 1 is 1.28 bits per heavy atom. The molecule has 0 aliphatic carbocycles. The number of nitrogens with two attached hydrogens (primary N) is 2. The number of aromatic nitrogens is 5. The van der Waals surface area contributed by atoms with Gasteiger partial charge in [0.15, 0.2) is 11.5 Å². The molecular weight excluding hydrogens is 452 g/mol. The maximum Gasteiger partial charge on any atom is 0.256 e. The lowest BCUT2D eigenvalue weighted by atomic mass is 10.2. The molecule has 0 aromatic carbocycles. The minimum atomic E-state index is -0.669. The van der Waals surface area contributed by atoms with Gasteiger partial charge in [-0.3, -0.25) is 9.00 Å². The molecule has 1 aliphatic rings. The molecule has 10 nitrogen and oxygen atoms in total. The lowest BCUT2D eigenvalue weighted by Crippen LogP contribution is -2.39. The van der Waals surface area contributed by atoms with E-state index in [0.717, 1.165) is 47.4 Å². The van der Waals surface area contributed by atoms with Crippen molar-refractivity contribution in [3.05, 3.63) is 52.9 Å². The van der Waals surface area contributed by atoms with Crippen LogP contribution in [0, 0.1) is 0 Å². The number of hydrogen-bond donors (Lipinski definition) is 2. The third-order valence-electron chi connectivity index (χ3n) is 5.20. The summed E-state index contributed by atoms with van der Waals surface area (Å²) in [5.74, 6) is 2.05. The predicted molar refractivity (Wildman–Crippen MR) is 126 cm³/mol. The van der Waals surface area contributed by atoms with Crippen LogP contribution in [-0.2, 0) is 17.2 Å². The van der Waals surface area contributed by atoms with Crippen LogP contribution in [0.4, 0.5) is 11.6 Å². The fraction of sp³-hybridized carbons (Fsp3) is 0.300. The monoisotopic (exact) mass is 474 g/mol. The van der Waals surface area contributed by atoms with Crippen molar-refractivity contribution in [2.24, 2.45) is 5.73 Å². The van der Waals surface area contributed by atoms with E-state index in [1.54, 1.807) is 24.7 Å². The van der Waals surface area contributed by atoms with Crippen molar-refractivity contribution in [1.82, 2.24) is 24.2 Å². The predicted octanol–water partition coefficient (Wildman–Crippen LogP) is 1.53. The van der Waals surface area contributed by atoms with Crippen molar-refractivity contribution < 1.29 is 9.00 Å². The highest BCUT2D eigenvalue weighted by Gasteiger charge is 2.21. The van der Waals surface area contributed by atoms with E-state index >= 15 is 0 Å². The first kappa shape index (κ1) is 22.0. The summed E-state index contributed by atoms with van der Waals surface area (Å²) in [4.78, 5) is 17.2. The summed E-state index contributed by atoms with van der Waals surface area (Å²) in [6, 6.07) is 5.64. The van der Waals surface area contributed by atoms with E-state index in [-0.39, 0.29) is 11.4 Å². The van der Waals surface area contributed by atoms with Gasteiger partial charge in [-0.15, -0.1) is 5.10 Å². The number of carbonyl (C=O) groups excluding carboxylic acids is 1. The summed E-state index contributed by atoms with van der Waals surface area (Å²) in [7, 11) is -0.669. The average molecular weight is 475 g/mol. The van der Waals surface area contributed by atoms with Crippen LogP contribution in [0.15, 0.2) is 36.8 Å². The van der Waals surface area contributed by atoms with Crippen LogP contribution < -0.4 is 16.4 Å². The Kier molecular flexibility index (Phi) is 6.28. The number of nitrogen functional groups attached to an aromatic ring is 1. The number of amides is 1. The van der Waals surface area contributed by atoms with E-state index in [1.165, 1.54) is 10.1 Å². The van der Waals surface area contributed by atoms with Crippen LogP contribution in [-0.4, -0.2) is 58.9 Å². The zero-order chi connectivity index (χ0) is 22.8. The van der Waals surface area contributed by atoms with E-state index < -0.39 is 16.7 Å². The van der Waals surface area contributed by atoms with E-state index in [1.807, 2.05) is 16.6 Å². The zero-order valence-corrected chi connectivity index (χ0v) is 19.0. The molecule has 4 aromatic heterocycles. The Morgan fingerprint density at radius 3 is 2.72 bits per heavy atom. The summed E-state index contributed by atoms with van der Waals surface area (Å²) in [6.45, 7) is 3.75. The van der Waals surface area contributed by atoms with Crippen LogP contribution >= 0.6 is 11.6 Å². The van der Waals surface area contributed by atoms with Gasteiger partial charge < -0.3 is 16.4 Å². The van der Waals surface area contributed by atoms with Crippen LogP contribution in [0.2, 0.25) is 5.02 Å². The molecule has 0 bridgehead atoms.